The Hall–Kier alpha value is -3.89. The normalized spacial score (nSPS) is 11.5. The van der Waals surface area contributed by atoms with Gasteiger partial charge in [0.1, 0.15) is 16.9 Å². The molecule has 8 nitrogen and oxygen atoms in total. The summed E-state index contributed by atoms with van der Waals surface area (Å²) in [7, 11) is 0. The smallest absolute Gasteiger partial charge is 0.384 e. The van der Waals surface area contributed by atoms with Crippen LogP contribution in [0.4, 0.5) is 19.0 Å². The molecule has 2 aromatic heterocycles. The summed E-state index contributed by atoms with van der Waals surface area (Å²) in [5, 5.41) is 0. The molecular formula is C21H19F3N4O4. The number of carbonyl (C=O) groups is 1. The monoisotopic (exact) mass is 448 g/mol. The van der Waals surface area contributed by atoms with Gasteiger partial charge in [0.2, 0.25) is 0 Å². The van der Waals surface area contributed by atoms with E-state index in [2.05, 4.69) is 0 Å². The van der Waals surface area contributed by atoms with Gasteiger partial charge in [-0.2, -0.15) is 13.2 Å². The van der Waals surface area contributed by atoms with Crippen LogP contribution in [0.2, 0.25) is 0 Å². The molecule has 32 heavy (non-hydrogen) atoms. The van der Waals surface area contributed by atoms with Gasteiger partial charge < -0.3 is 10.3 Å². The predicted octanol–water partition coefficient (Wildman–Crippen LogP) is 1.72. The number of nitrogens with two attached hydrogens (primary N) is 1. The molecule has 2 heterocycles. The second-order valence-corrected chi connectivity index (χ2v) is 6.94. The van der Waals surface area contributed by atoms with Gasteiger partial charge in [0, 0.05) is 12.7 Å². The van der Waals surface area contributed by atoms with E-state index in [1.54, 1.807) is 30.3 Å². The van der Waals surface area contributed by atoms with Crippen LogP contribution in [0, 0.1) is 0 Å². The SMILES string of the molecule is CCn1c(=O)c(C(=O)Cn2cccc(C(F)(F)F)c2=O)c(N)n(Cc2ccccc2)c1=O. The fraction of sp³-hybridized carbons (Fsp3) is 0.238. The van der Waals surface area contributed by atoms with Crippen molar-refractivity contribution in [2.45, 2.75) is 32.7 Å². The Labute approximate surface area is 179 Å². The second-order valence-electron chi connectivity index (χ2n) is 6.94. The van der Waals surface area contributed by atoms with Gasteiger partial charge in [-0.15, -0.1) is 0 Å². The third kappa shape index (κ3) is 4.27. The Morgan fingerprint density at radius 2 is 1.62 bits per heavy atom. The number of aromatic nitrogens is 3. The summed E-state index contributed by atoms with van der Waals surface area (Å²) in [6.07, 6.45) is -3.90. The summed E-state index contributed by atoms with van der Waals surface area (Å²) in [6.45, 7) is 0.582. The zero-order valence-electron chi connectivity index (χ0n) is 16.9. The minimum atomic E-state index is -4.90. The highest BCUT2D eigenvalue weighted by atomic mass is 19.4. The van der Waals surface area contributed by atoms with E-state index in [1.807, 2.05) is 0 Å². The molecule has 0 amide bonds. The van der Waals surface area contributed by atoms with Gasteiger partial charge in [0.05, 0.1) is 13.1 Å². The predicted molar refractivity (Wildman–Crippen MR) is 111 cm³/mol. The van der Waals surface area contributed by atoms with E-state index in [0.29, 0.717) is 16.2 Å². The minimum Gasteiger partial charge on any atom is -0.384 e. The first-order chi connectivity index (χ1) is 15.1. The molecule has 0 aliphatic rings. The van der Waals surface area contributed by atoms with Crippen molar-refractivity contribution >= 4 is 11.6 Å². The van der Waals surface area contributed by atoms with E-state index in [1.165, 1.54) is 6.92 Å². The average molecular weight is 448 g/mol. The Morgan fingerprint density at radius 1 is 0.969 bits per heavy atom. The lowest BCUT2D eigenvalue weighted by molar-refractivity contribution is -0.138. The summed E-state index contributed by atoms with van der Waals surface area (Å²) in [6, 6.07) is 10.2. The lowest BCUT2D eigenvalue weighted by atomic mass is 10.1. The number of ketones is 1. The molecule has 168 valence electrons. The highest BCUT2D eigenvalue weighted by Crippen LogP contribution is 2.26. The Bertz CT molecular complexity index is 1340. The largest absolute Gasteiger partial charge is 0.421 e. The summed E-state index contributed by atoms with van der Waals surface area (Å²) >= 11 is 0. The van der Waals surface area contributed by atoms with Gasteiger partial charge in [0.25, 0.3) is 11.1 Å². The van der Waals surface area contributed by atoms with E-state index in [4.69, 9.17) is 5.73 Å². The highest BCUT2D eigenvalue weighted by Gasteiger charge is 2.34. The molecule has 0 saturated carbocycles. The van der Waals surface area contributed by atoms with Gasteiger partial charge >= 0.3 is 11.9 Å². The van der Waals surface area contributed by atoms with E-state index < -0.39 is 52.3 Å². The zero-order chi connectivity index (χ0) is 23.6. The van der Waals surface area contributed by atoms with Crippen LogP contribution in [0.5, 0.6) is 0 Å². The Balaban J connectivity index is 2.11. The number of nitrogen functional groups attached to an aromatic ring is 1. The molecular weight excluding hydrogens is 429 g/mol. The maximum atomic E-state index is 13.0. The summed E-state index contributed by atoms with van der Waals surface area (Å²) < 4.78 is 41.4. The fourth-order valence-corrected chi connectivity index (χ4v) is 3.29. The maximum absolute atomic E-state index is 13.0. The van der Waals surface area contributed by atoms with Crippen LogP contribution >= 0.6 is 0 Å². The van der Waals surface area contributed by atoms with Crippen LogP contribution in [-0.2, 0) is 25.8 Å². The van der Waals surface area contributed by atoms with Crippen LogP contribution < -0.4 is 22.5 Å². The van der Waals surface area contributed by atoms with E-state index in [9.17, 15) is 32.3 Å². The molecule has 0 unspecified atom stereocenters. The molecule has 0 atom stereocenters. The van der Waals surface area contributed by atoms with Crippen LogP contribution in [-0.4, -0.2) is 19.5 Å². The highest BCUT2D eigenvalue weighted by molar-refractivity contribution is 5.99. The molecule has 0 aliphatic heterocycles. The number of halogens is 3. The average Bonchev–Trinajstić information content (AvgIpc) is 2.73. The van der Waals surface area contributed by atoms with Crippen molar-refractivity contribution in [3.8, 4) is 0 Å². The van der Waals surface area contributed by atoms with E-state index in [-0.39, 0.29) is 13.1 Å². The Morgan fingerprint density at radius 3 is 2.22 bits per heavy atom. The molecule has 3 rings (SSSR count). The van der Waals surface area contributed by atoms with Crippen LogP contribution in [0.15, 0.2) is 63.0 Å². The van der Waals surface area contributed by atoms with Crippen molar-refractivity contribution in [1.29, 1.82) is 0 Å². The molecule has 3 aromatic rings. The van der Waals surface area contributed by atoms with Crippen LogP contribution in [0.1, 0.15) is 28.4 Å². The third-order valence-corrected chi connectivity index (χ3v) is 4.89. The first kappa shape index (κ1) is 22.8. The summed E-state index contributed by atoms with van der Waals surface area (Å²) in [5.74, 6) is -1.41. The molecule has 1 aromatic carbocycles. The number of alkyl halides is 3. The first-order valence-corrected chi connectivity index (χ1v) is 9.53. The number of pyridine rings is 1. The quantitative estimate of drug-likeness (QED) is 0.578. The number of hydrogen-bond acceptors (Lipinski definition) is 5. The van der Waals surface area contributed by atoms with Gasteiger partial charge in [0.15, 0.2) is 5.78 Å². The van der Waals surface area contributed by atoms with Crippen molar-refractivity contribution in [3.63, 3.8) is 0 Å². The van der Waals surface area contributed by atoms with E-state index >= 15 is 0 Å². The zero-order valence-corrected chi connectivity index (χ0v) is 16.9. The number of hydrogen-bond donors (Lipinski definition) is 1. The maximum Gasteiger partial charge on any atom is 0.421 e. The minimum absolute atomic E-state index is 0.0322. The number of benzene rings is 1. The molecule has 11 heteroatoms. The number of Topliss-reactive ketones (excluding diaryl/α,β-unsaturated/α-hetero) is 1. The van der Waals surface area contributed by atoms with Crippen molar-refractivity contribution in [1.82, 2.24) is 13.7 Å². The number of anilines is 1. The molecule has 2 N–H and O–H groups in total. The fourth-order valence-electron chi connectivity index (χ4n) is 3.29. The van der Waals surface area contributed by atoms with Crippen molar-refractivity contribution < 1.29 is 18.0 Å². The van der Waals surface area contributed by atoms with Crippen LogP contribution in [0.25, 0.3) is 0 Å². The van der Waals surface area contributed by atoms with Gasteiger partial charge in [-0.25, -0.2) is 4.79 Å². The van der Waals surface area contributed by atoms with Crippen molar-refractivity contribution in [3.05, 3.63) is 96.5 Å². The lowest BCUT2D eigenvalue weighted by Crippen LogP contribution is -2.44. The Kier molecular flexibility index (Phi) is 6.19. The molecule has 0 radical (unpaired) electrons. The molecule has 0 saturated heterocycles. The number of nitrogens with zero attached hydrogens (tertiary/aromatic N) is 3. The van der Waals surface area contributed by atoms with Gasteiger partial charge in [-0.05, 0) is 24.6 Å². The second kappa shape index (κ2) is 8.69. The standard InChI is InChI=1S/C21H19F3N4O4/c1-2-27-19(31)16(17(25)28(20(27)32)11-13-7-4-3-5-8-13)15(29)12-26-10-6-9-14(18(26)30)21(22,23)24/h3-10H,2,11-12,25H2,1H3. The van der Waals surface area contributed by atoms with Crippen molar-refractivity contribution in [2.24, 2.45) is 0 Å². The van der Waals surface area contributed by atoms with Crippen molar-refractivity contribution in [2.75, 3.05) is 5.73 Å². The number of rotatable bonds is 6. The molecule has 0 fully saturated rings. The summed E-state index contributed by atoms with van der Waals surface area (Å²) in [4.78, 5) is 50.6. The number of carbonyl (C=O) groups excluding carboxylic acids is 1. The lowest BCUT2D eigenvalue weighted by Gasteiger charge is -2.16. The summed E-state index contributed by atoms with van der Waals surface area (Å²) in [5.41, 5.74) is 1.55. The molecule has 0 bridgehead atoms. The third-order valence-electron chi connectivity index (χ3n) is 4.89. The first-order valence-electron chi connectivity index (χ1n) is 9.53. The van der Waals surface area contributed by atoms with E-state index in [0.717, 1.165) is 21.4 Å². The molecule has 0 spiro atoms. The topological polar surface area (TPSA) is 109 Å². The molecule has 0 aliphatic carbocycles. The van der Waals surface area contributed by atoms with Crippen LogP contribution in [0.3, 0.4) is 0 Å². The van der Waals surface area contributed by atoms with Gasteiger partial charge in [-0.3, -0.25) is 23.5 Å². The van der Waals surface area contributed by atoms with Gasteiger partial charge in [-0.1, -0.05) is 30.3 Å².